The maximum atomic E-state index is 10.3. The highest BCUT2D eigenvalue weighted by Crippen LogP contribution is 2.34. The Labute approximate surface area is 120 Å². The molecule has 4 N–H and O–H groups in total. The van der Waals surface area contributed by atoms with E-state index in [4.69, 9.17) is 9.84 Å². The van der Waals surface area contributed by atoms with Gasteiger partial charge in [0.15, 0.2) is 5.79 Å². The summed E-state index contributed by atoms with van der Waals surface area (Å²) in [6.45, 7) is 1.77. The van der Waals surface area contributed by atoms with Gasteiger partial charge < -0.3 is 25.2 Å². The Morgan fingerprint density at radius 2 is 1.79 bits per heavy atom. The molecule has 0 radical (unpaired) electrons. The lowest BCUT2D eigenvalue weighted by Gasteiger charge is -2.46. The molecule has 6 heteroatoms. The largest absolute Gasteiger partial charge is 0.394 e. The molecule has 5 atom stereocenters. The zero-order valence-electron chi connectivity index (χ0n) is 11.4. The molecule has 19 heavy (non-hydrogen) atoms. The van der Waals surface area contributed by atoms with Gasteiger partial charge in [-0.05, 0) is 6.42 Å². The topological polar surface area (TPSA) is 90.2 Å². The lowest BCUT2D eigenvalue weighted by atomic mass is 9.91. The predicted molar refractivity (Wildman–Crippen MR) is 75.1 cm³/mol. The maximum Gasteiger partial charge on any atom is 0.195 e. The molecule has 0 saturated carbocycles. The first-order valence-corrected chi connectivity index (χ1v) is 7.53. The molecule has 0 bridgehead atoms. The molecule has 1 saturated heterocycles. The van der Waals surface area contributed by atoms with Crippen molar-refractivity contribution in [1.29, 1.82) is 0 Å². The fourth-order valence-electron chi connectivity index (χ4n) is 2.41. The average molecular weight is 294 g/mol. The molecule has 0 amide bonds. The van der Waals surface area contributed by atoms with E-state index < -0.39 is 29.3 Å². The number of aliphatic hydroxyl groups excluding tert-OH is 3. The van der Waals surface area contributed by atoms with Crippen LogP contribution in [0.5, 0.6) is 0 Å². The van der Waals surface area contributed by atoms with E-state index in [0.29, 0.717) is 6.42 Å². The van der Waals surface area contributed by atoms with Crippen molar-refractivity contribution in [2.45, 2.75) is 74.8 Å². The summed E-state index contributed by atoms with van der Waals surface area (Å²) in [5, 5.41) is 38.5. The molecule has 114 valence electrons. The van der Waals surface area contributed by atoms with E-state index in [0.717, 1.165) is 25.7 Å². The molecule has 0 spiro atoms. The van der Waals surface area contributed by atoms with E-state index in [1.54, 1.807) is 0 Å². The van der Waals surface area contributed by atoms with Crippen LogP contribution >= 0.6 is 12.6 Å². The van der Waals surface area contributed by atoms with Gasteiger partial charge in [-0.2, -0.15) is 12.6 Å². The molecular weight excluding hydrogens is 268 g/mol. The van der Waals surface area contributed by atoms with E-state index in [2.05, 4.69) is 19.6 Å². The zero-order chi connectivity index (χ0) is 14.5. The highest BCUT2D eigenvalue weighted by Gasteiger charge is 2.51. The van der Waals surface area contributed by atoms with Crippen LogP contribution in [0, 0.1) is 0 Å². The second-order valence-corrected chi connectivity index (χ2v) is 5.87. The van der Waals surface area contributed by atoms with Gasteiger partial charge >= 0.3 is 0 Å². The minimum Gasteiger partial charge on any atom is -0.394 e. The first kappa shape index (κ1) is 17.2. The Kier molecular flexibility index (Phi) is 7.07. The van der Waals surface area contributed by atoms with Crippen LogP contribution in [0.15, 0.2) is 0 Å². The third-order valence-electron chi connectivity index (χ3n) is 3.69. The van der Waals surface area contributed by atoms with Gasteiger partial charge in [0.05, 0.1) is 24.1 Å². The van der Waals surface area contributed by atoms with Gasteiger partial charge in [0.1, 0.15) is 6.10 Å². The summed E-state index contributed by atoms with van der Waals surface area (Å²) < 4.78 is 5.34. The van der Waals surface area contributed by atoms with E-state index >= 15 is 0 Å². The second-order valence-electron chi connectivity index (χ2n) is 5.27. The lowest BCUT2D eigenvalue weighted by Crippen LogP contribution is -2.63. The van der Waals surface area contributed by atoms with Crippen molar-refractivity contribution in [2.24, 2.45) is 0 Å². The summed E-state index contributed by atoms with van der Waals surface area (Å²) in [7, 11) is 0. The van der Waals surface area contributed by atoms with Crippen LogP contribution in [0.25, 0.3) is 0 Å². The second kappa shape index (κ2) is 7.81. The molecule has 1 heterocycles. The Bertz CT molecular complexity index is 263. The summed E-state index contributed by atoms with van der Waals surface area (Å²) in [5.74, 6) is -1.79. The van der Waals surface area contributed by atoms with Crippen molar-refractivity contribution in [1.82, 2.24) is 0 Å². The maximum absolute atomic E-state index is 10.3. The van der Waals surface area contributed by atoms with Crippen LogP contribution in [-0.2, 0) is 4.74 Å². The summed E-state index contributed by atoms with van der Waals surface area (Å²) in [6, 6.07) is 0. The Balaban J connectivity index is 2.52. The van der Waals surface area contributed by atoms with E-state index in [9.17, 15) is 15.3 Å². The molecule has 5 nitrogen and oxygen atoms in total. The molecule has 5 unspecified atom stereocenters. The van der Waals surface area contributed by atoms with Crippen LogP contribution in [-0.4, -0.2) is 56.4 Å². The van der Waals surface area contributed by atoms with Gasteiger partial charge in [-0.3, -0.25) is 0 Å². The summed E-state index contributed by atoms with van der Waals surface area (Å²) in [5.41, 5.74) is 0. The smallest absolute Gasteiger partial charge is 0.195 e. The van der Waals surface area contributed by atoms with Gasteiger partial charge in [-0.15, -0.1) is 0 Å². The van der Waals surface area contributed by atoms with Crippen molar-refractivity contribution < 1.29 is 25.2 Å². The van der Waals surface area contributed by atoms with Gasteiger partial charge in [-0.1, -0.05) is 32.6 Å². The number of hydrogen-bond acceptors (Lipinski definition) is 6. The molecule has 1 aliphatic rings. The highest BCUT2D eigenvalue weighted by atomic mass is 32.1. The first-order valence-electron chi connectivity index (χ1n) is 7.01. The number of unbranched alkanes of at least 4 members (excludes halogenated alkanes) is 4. The Hall–Kier alpha value is 0.150. The minimum atomic E-state index is -1.79. The predicted octanol–water partition coefficient (Wildman–Crippen LogP) is 0.447. The third-order valence-corrected chi connectivity index (χ3v) is 4.33. The van der Waals surface area contributed by atoms with Gasteiger partial charge in [-0.25, -0.2) is 0 Å². The van der Waals surface area contributed by atoms with Crippen LogP contribution in [0.4, 0.5) is 0 Å². The number of aliphatic hydroxyl groups is 4. The van der Waals surface area contributed by atoms with Crippen LogP contribution < -0.4 is 0 Å². The van der Waals surface area contributed by atoms with Crippen molar-refractivity contribution in [3.8, 4) is 0 Å². The third kappa shape index (κ3) is 4.31. The summed E-state index contributed by atoms with van der Waals surface area (Å²) in [4.78, 5) is 0. The number of rotatable bonds is 7. The molecule has 0 aromatic heterocycles. The standard InChI is InChI=1S/C13H26O5S/c1-2-3-4-5-6-7-13(17)12(16)10(15)11(19)9(8-14)18-13/h9-12,14-17,19H,2-8H2,1H3. The number of thiol groups is 1. The minimum absolute atomic E-state index is 0.242. The van der Waals surface area contributed by atoms with Crippen LogP contribution in [0.3, 0.4) is 0 Å². The quantitative estimate of drug-likeness (QED) is 0.347. The summed E-state index contributed by atoms with van der Waals surface area (Å²) in [6.07, 6.45) is 1.85. The molecular formula is C13H26O5S. The van der Waals surface area contributed by atoms with E-state index in [1.165, 1.54) is 0 Å². The summed E-state index contributed by atoms with van der Waals surface area (Å²) >= 11 is 4.10. The first-order chi connectivity index (χ1) is 8.96. The zero-order valence-corrected chi connectivity index (χ0v) is 12.3. The van der Waals surface area contributed by atoms with Crippen molar-refractivity contribution in [3.05, 3.63) is 0 Å². The fraction of sp³-hybridized carbons (Fsp3) is 1.00. The monoisotopic (exact) mass is 294 g/mol. The normalized spacial score (nSPS) is 39.5. The van der Waals surface area contributed by atoms with Gasteiger partial charge in [0.25, 0.3) is 0 Å². The lowest BCUT2D eigenvalue weighted by molar-refractivity contribution is -0.325. The van der Waals surface area contributed by atoms with E-state index in [-0.39, 0.29) is 13.0 Å². The highest BCUT2D eigenvalue weighted by molar-refractivity contribution is 7.81. The average Bonchev–Trinajstić information content (AvgIpc) is 2.41. The molecule has 1 rings (SSSR count). The molecule has 1 aliphatic heterocycles. The number of ether oxygens (including phenoxy) is 1. The SMILES string of the molecule is CCCCCCCC1(O)OC(CO)C(S)C(O)C1O. The molecule has 0 aliphatic carbocycles. The van der Waals surface area contributed by atoms with Crippen molar-refractivity contribution >= 4 is 12.6 Å². The number of hydrogen-bond donors (Lipinski definition) is 5. The fourth-order valence-corrected chi connectivity index (χ4v) is 2.73. The van der Waals surface area contributed by atoms with Crippen LogP contribution in [0.2, 0.25) is 0 Å². The van der Waals surface area contributed by atoms with Crippen molar-refractivity contribution in [3.63, 3.8) is 0 Å². The Morgan fingerprint density at radius 1 is 1.16 bits per heavy atom. The van der Waals surface area contributed by atoms with E-state index in [1.807, 2.05) is 0 Å². The molecule has 0 aromatic rings. The van der Waals surface area contributed by atoms with Crippen molar-refractivity contribution in [2.75, 3.05) is 6.61 Å². The van der Waals surface area contributed by atoms with Gasteiger partial charge in [0, 0.05) is 6.42 Å². The van der Waals surface area contributed by atoms with Crippen LogP contribution in [0.1, 0.15) is 45.4 Å². The van der Waals surface area contributed by atoms with Gasteiger partial charge in [0.2, 0.25) is 0 Å². The Morgan fingerprint density at radius 3 is 2.37 bits per heavy atom. The molecule has 0 aromatic carbocycles. The molecule has 1 fully saturated rings.